The highest BCUT2D eigenvalue weighted by atomic mass is 32.1. The SMILES string of the molecule is c1cnc2c(-c3nsc(N4CCC(N5CCCCC5)CC4)n3)cccc2c1. The molecule has 6 heteroatoms. The van der Waals surface area contributed by atoms with Crippen molar-refractivity contribution in [2.24, 2.45) is 0 Å². The number of likely N-dealkylation sites (tertiary alicyclic amines) is 1. The fraction of sp³-hybridized carbons (Fsp3) is 0.476. The number of nitrogens with zero attached hydrogens (tertiary/aromatic N) is 5. The predicted molar refractivity (Wildman–Crippen MR) is 111 cm³/mol. The Labute approximate surface area is 164 Å². The largest absolute Gasteiger partial charge is 0.347 e. The second-order valence-corrected chi connectivity index (χ2v) is 8.33. The second kappa shape index (κ2) is 7.52. The molecule has 3 aromatic rings. The number of piperidine rings is 2. The molecule has 0 atom stereocenters. The maximum Gasteiger partial charge on any atom is 0.205 e. The Morgan fingerprint density at radius 1 is 0.926 bits per heavy atom. The Hall–Kier alpha value is -2.05. The number of aromatic nitrogens is 3. The van der Waals surface area contributed by atoms with E-state index in [0.717, 1.165) is 46.6 Å². The van der Waals surface area contributed by atoms with Crippen molar-refractivity contribution in [3.8, 4) is 11.4 Å². The van der Waals surface area contributed by atoms with E-state index >= 15 is 0 Å². The molecule has 2 saturated heterocycles. The van der Waals surface area contributed by atoms with Gasteiger partial charge in [0.25, 0.3) is 0 Å². The Kier molecular flexibility index (Phi) is 4.76. The van der Waals surface area contributed by atoms with E-state index < -0.39 is 0 Å². The van der Waals surface area contributed by atoms with E-state index in [2.05, 4.69) is 43.4 Å². The van der Waals surface area contributed by atoms with Gasteiger partial charge in [0.15, 0.2) is 5.82 Å². The molecule has 140 valence electrons. The Morgan fingerprint density at radius 2 is 1.74 bits per heavy atom. The number of fused-ring (bicyclic) bond motifs is 1. The molecule has 4 heterocycles. The highest BCUT2D eigenvalue weighted by Crippen LogP contribution is 2.30. The van der Waals surface area contributed by atoms with E-state index in [0.29, 0.717) is 0 Å². The lowest BCUT2D eigenvalue weighted by atomic mass is 10.0. The third-order valence-electron chi connectivity index (χ3n) is 5.93. The minimum atomic E-state index is 0.760. The van der Waals surface area contributed by atoms with Gasteiger partial charge in [-0.05, 0) is 50.9 Å². The number of hydrogen-bond acceptors (Lipinski definition) is 6. The maximum absolute atomic E-state index is 4.87. The van der Waals surface area contributed by atoms with Gasteiger partial charge in [-0.1, -0.05) is 24.6 Å². The van der Waals surface area contributed by atoms with Crippen LogP contribution in [0.2, 0.25) is 0 Å². The summed E-state index contributed by atoms with van der Waals surface area (Å²) >= 11 is 1.52. The summed E-state index contributed by atoms with van der Waals surface area (Å²) in [7, 11) is 0. The Balaban J connectivity index is 1.31. The molecule has 27 heavy (non-hydrogen) atoms. The van der Waals surface area contributed by atoms with Gasteiger partial charge in [0.1, 0.15) is 0 Å². The third-order valence-corrected chi connectivity index (χ3v) is 6.71. The first-order chi connectivity index (χ1) is 13.4. The molecule has 2 aromatic heterocycles. The molecule has 0 spiro atoms. The van der Waals surface area contributed by atoms with Crippen LogP contribution in [-0.2, 0) is 0 Å². The third kappa shape index (κ3) is 3.44. The average molecular weight is 380 g/mol. The lowest BCUT2D eigenvalue weighted by molar-refractivity contribution is 0.141. The van der Waals surface area contributed by atoms with Crippen molar-refractivity contribution >= 4 is 27.6 Å². The van der Waals surface area contributed by atoms with Gasteiger partial charge >= 0.3 is 0 Å². The first-order valence-corrected chi connectivity index (χ1v) is 10.8. The van der Waals surface area contributed by atoms with Crippen molar-refractivity contribution in [2.45, 2.75) is 38.1 Å². The van der Waals surface area contributed by atoms with Crippen molar-refractivity contribution < 1.29 is 0 Å². The van der Waals surface area contributed by atoms with Crippen molar-refractivity contribution in [1.29, 1.82) is 0 Å². The van der Waals surface area contributed by atoms with Crippen molar-refractivity contribution in [2.75, 3.05) is 31.1 Å². The van der Waals surface area contributed by atoms with E-state index in [1.807, 2.05) is 12.3 Å². The zero-order valence-electron chi connectivity index (χ0n) is 15.5. The van der Waals surface area contributed by atoms with Gasteiger partial charge in [0.2, 0.25) is 5.13 Å². The number of hydrogen-bond donors (Lipinski definition) is 0. The summed E-state index contributed by atoms with van der Waals surface area (Å²) in [6.07, 6.45) is 8.48. The van der Waals surface area contributed by atoms with Crippen LogP contribution >= 0.6 is 11.5 Å². The van der Waals surface area contributed by atoms with Crippen LogP contribution in [0.5, 0.6) is 0 Å². The number of para-hydroxylation sites is 1. The first kappa shape index (κ1) is 17.1. The summed E-state index contributed by atoms with van der Waals surface area (Å²) in [6.45, 7) is 4.76. The quantitative estimate of drug-likeness (QED) is 0.682. The highest BCUT2D eigenvalue weighted by Gasteiger charge is 2.27. The normalized spacial score (nSPS) is 19.6. The number of pyridine rings is 1. The number of benzene rings is 1. The molecule has 0 aliphatic carbocycles. The molecular formula is C21H25N5S. The van der Waals surface area contributed by atoms with E-state index in [4.69, 9.17) is 4.98 Å². The summed E-state index contributed by atoms with van der Waals surface area (Å²) in [5, 5.41) is 2.18. The van der Waals surface area contributed by atoms with Crippen LogP contribution in [0.3, 0.4) is 0 Å². The van der Waals surface area contributed by atoms with Gasteiger partial charge in [0.05, 0.1) is 5.52 Å². The van der Waals surface area contributed by atoms with E-state index in [9.17, 15) is 0 Å². The smallest absolute Gasteiger partial charge is 0.205 e. The van der Waals surface area contributed by atoms with Crippen molar-refractivity contribution in [3.05, 3.63) is 36.5 Å². The van der Waals surface area contributed by atoms with E-state index in [1.54, 1.807) is 0 Å². The lowest BCUT2D eigenvalue weighted by Gasteiger charge is -2.40. The average Bonchev–Trinajstić information content (AvgIpc) is 3.24. The van der Waals surface area contributed by atoms with Crippen LogP contribution in [0.1, 0.15) is 32.1 Å². The molecule has 2 aliphatic heterocycles. The fourth-order valence-corrected chi connectivity index (χ4v) is 5.18. The summed E-state index contributed by atoms with van der Waals surface area (Å²) in [4.78, 5) is 14.6. The molecule has 5 nitrogen and oxygen atoms in total. The van der Waals surface area contributed by atoms with Gasteiger partial charge in [-0.25, -0.2) is 0 Å². The summed E-state index contributed by atoms with van der Waals surface area (Å²) < 4.78 is 4.66. The first-order valence-electron chi connectivity index (χ1n) is 10.1. The predicted octanol–water partition coefficient (Wildman–Crippen LogP) is 4.21. The molecule has 0 bridgehead atoms. The zero-order valence-corrected chi connectivity index (χ0v) is 16.4. The molecule has 1 aromatic carbocycles. The maximum atomic E-state index is 4.87. The molecule has 0 saturated carbocycles. The van der Waals surface area contributed by atoms with Crippen LogP contribution in [-0.4, -0.2) is 51.5 Å². The summed E-state index contributed by atoms with van der Waals surface area (Å²) in [5.74, 6) is 0.803. The monoisotopic (exact) mass is 379 g/mol. The summed E-state index contributed by atoms with van der Waals surface area (Å²) in [6, 6.07) is 11.0. The van der Waals surface area contributed by atoms with Gasteiger partial charge in [-0.3, -0.25) is 4.98 Å². The van der Waals surface area contributed by atoms with E-state index in [-0.39, 0.29) is 0 Å². The molecular weight excluding hydrogens is 354 g/mol. The topological polar surface area (TPSA) is 45.2 Å². The van der Waals surface area contributed by atoms with Gasteiger partial charge in [-0.15, -0.1) is 0 Å². The molecule has 2 fully saturated rings. The van der Waals surface area contributed by atoms with Gasteiger partial charge in [0, 0.05) is 47.8 Å². The molecule has 0 N–H and O–H groups in total. The highest BCUT2D eigenvalue weighted by molar-refractivity contribution is 7.09. The van der Waals surface area contributed by atoms with Gasteiger partial charge in [-0.2, -0.15) is 9.36 Å². The minimum Gasteiger partial charge on any atom is -0.347 e. The van der Waals surface area contributed by atoms with Crippen LogP contribution in [0.4, 0.5) is 5.13 Å². The van der Waals surface area contributed by atoms with Gasteiger partial charge < -0.3 is 9.80 Å². The molecule has 5 rings (SSSR count). The molecule has 0 unspecified atom stereocenters. The number of rotatable bonds is 3. The van der Waals surface area contributed by atoms with Crippen molar-refractivity contribution in [1.82, 2.24) is 19.2 Å². The van der Waals surface area contributed by atoms with E-state index in [1.165, 1.54) is 56.7 Å². The van der Waals surface area contributed by atoms with Crippen LogP contribution in [0, 0.1) is 0 Å². The standard InChI is InChI=1S/C21H25N5S/c1-2-12-25(13-3-1)17-9-14-26(15-10-17)21-23-20(24-27-21)18-8-4-6-16-7-5-11-22-19(16)18/h4-8,11,17H,1-3,9-10,12-15H2. The van der Waals surface area contributed by atoms with Crippen LogP contribution in [0.25, 0.3) is 22.3 Å². The van der Waals surface area contributed by atoms with Crippen LogP contribution in [0.15, 0.2) is 36.5 Å². The number of anilines is 1. The Bertz CT molecular complexity index is 904. The Morgan fingerprint density at radius 3 is 2.59 bits per heavy atom. The molecule has 2 aliphatic rings. The summed E-state index contributed by atoms with van der Waals surface area (Å²) in [5.41, 5.74) is 2.01. The fourth-order valence-electron chi connectivity index (χ4n) is 4.44. The molecule has 0 radical (unpaired) electrons. The molecule has 0 amide bonds. The van der Waals surface area contributed by atoms with Crippen molar-refractivity contribution in [3.63, 3.8) is 0 Å². The lowest BCUT2D eigenvalue weighted by Crippen LogP contribution is -2.46. The zero-order chi connectivity index (χ0) is 18.1. The minimum absolute atomic E-state index is 0.760. The van der Waals surface area contributed by atoms with Crippen LogP contribution < -0.4 is 4.90 Å². The second-order valence-electron chi connectivity index (χ2n) is 7.60.